The van der Waals surface area contributed by atoms with Gasteiger partial charge in [0.15, 0.2) is 0 Å². The molecule has 0 saturated carbocycles. The minimum absolute atomic E-state index is 0.0932. The van der Waals surface area contributed by atoms with Crippen LogP contribution in [0.15, 0.2) is 54.6 Å². The summed E-state index contributed by atoms with van der Waals surface area (Å²) >= 11 is 0. The summed E-state index contributed by atoms with van der Waals surface area (Å²) in [6.45, 7) is 0.643. The number of methoxy groups -OCH3 is 1. The highest BCUT2D eigenvalue weighted by atomic mass is 16.5. The maximum absolute atomic E-state index is 12.7. The second kappa shape index (κ2) is 7.58. The number of likely N-dealkylation sites (tertiary alicyclic amines) is 1. The highest BCUT2D eigenvalue weighted by molar-refractivity contribution is 5.95. The molecule has 3 rings (SSSR count). The Balaban J connectivity index is 1.68. The Morgan fingerprint density at radius 3 is 2.35 bits per heavy atom. The lowest BCUT2D eigenvalue weighted by atomic mass is 9.88. The largest absolute Gasteiger partial charge is 0.481 e. The smallest absolute Gasteiger partial charge is 0.313 e. The number of rotatable bonds is 6. The summed E-state index contributed by atoms with van der Waals surface area (Å²) in [4.78, 5) is 25.9. The molecule has 2 aromatic rings. The van der Waals surface area contributed by atoms with Crippen molar-refractivity contribution < 1.29 is 24.2 Å². The number of hydrogen-bond donors (Lipinski definition) is 1. The molecule has 1 aliphatic rings. The number of ether oxygens (including phenoxy) is 2. The minimum Gasteiger partial charge on any atom is -0.481 e. The Kier molecular flexibility index (Phi) is 5.23. The number of hydrogen-bond acceptors (Lipinski definition) is 4. The summed E-state index contributed by atoms with van der Waals surface area (Å²) in [6, 6.07) is 16.2. The minimum atomic E-state index is -1.03. The van der Waals surface area contributed by atoms with E-state index >= 15 is 0 Å². The van der Waals surface area contributed by atoms with Crippen molar-refractivity contribution in [2.45, 2.75) is 6.42 Å². The number of amides is 1. The van der Waals surface area contributed by atoms with Crippen LogP contribution in [0, 0.1) is 5.41 Å². The van der Waals surface area contributed by atoms with E-state index in [9.17, 15) is 14.7 Å². The summed E-state index contributed by atoms with van der Waals surface area (Å²) < 4.78 is 10.8. The van der Waals surface area contributed by atoms with Crippen molar-refractivity contribution in [2.24, 2.45) is 5.41 Å². The molecular formula is C20H21NO5. The fourth-order valence-electron chi connectivity index (χ4n) is 3.15. The predicted molar refractivity (Wildman–Crippen MR) is 95.4 cm³/mol. The molecule has 1 atom stereocenters. The zero-order valence-electron chi connectivity index (χ0n) is 14.6. The molecule has 1 N–H and O–H groups in total. The van der Waals surface area contributed by atoms with Crippen molar-refractivity contribution in [3.05, 3.63) is 60.2 Å². The molecule has 6 heteroatoms. The van der Waals surface area contributed by atoms with Crippen molar-refractivity contribution in [3.8, 4) is 11.5 Å². The first kappa shape index (κ1) is 17.9. The van der Waals surface area contributed by atoms with Crippen LogP contribution in [-0.2, 0) is 9.53 Å². The van der Waals surface area contributed by atoms with Crippen LogP contribution in [0.1, 0.15) is 16.8 Å². The van der Waals surface area contributed by atoms with Gasteiger partial charge in [-0.05, 0) is 42.8 Å². The monoisotopic (exact) mass is 355 g/mol. The lowest BCUT2D eigenvalue weighted by Crippen LogP contribution is -2.40. The summed E-state index contributed by atoms with van der Waals surface area (Å²) in [5, 5.41) is 9.51. The van der Waals surface area contributed by atoms with Crippen LogP contribution in [0.4, 0.5) is 0 Å². The molecule has 1 amide bonds. The third-order valence-electron chi connectivity index (χ3n) is 4.60. The topological polar surface area (TPSA) is 76.1 Å². The van der Waals surface area contributed by atoms with E-state index in [4.69, 9.17) is 9.47 Å². The number of carboxylic acid groups (broad SMARTS) is 1. The number of benzene rings is 2. The Bertz CT molecular complexity index is 775. The van der Waals surface area contributed by atoms with E-state index in [-0.39, 0.29) is 19.1 Å². The Morgan fingerprint density at radius 1 is 1.08 bits per heavy atom. The van der Waals surface area contributed by atoms with Gasteiger partial charge in [0.25, 0.3) is 5.91 Å². The van der Waals surface area contributed by atoms with Gasteiger partial charge in [0.2, 0.25) is 0 Å². The zero-order valence-corrected chi connectivity index (χ0v) is 14.6. The van der Waals surface area contributed by atoms with Gasteiger partial charge in [-0.1, -0.05) is 18.2 Å². The predicted octanol–water partition coefficient (Wildman–Crippen LogP) is 3.04. The number of carbonyl (C=O) groups excluding carboxylic acids is 1. The second-order valence-electron chi connectivity index (χ2n) is 6.43. The highest BCUT2D eigenvalue weighted by Crippen LogP contribution is 2.32. The van der Waals surface area contributed by atoms with Gasteiger partial charge in [-0.15, -0.1) is 0 Å². The van der Waals surface area contributed by atoms with Crippen molar-refractivity contribution in [1.82, 2.24) is 4.90 Å². The molecule has 1 heterocycles. The van der Waals surface area contributed by atoms with Gasteiger partial charge < -0.3 is 19.5 Å². The molecule has 26 heavy (non-hydrogen) atoms. The fraction of sp³-hybridized carbons (Fsp3) is 0.300. The van der Waals surface area contributed by atoms with E-state index in [1.165, 1.54) is 7.11 Å². The van der Waals surface area contributed by atoms with Crippen LogP contribution in [-0.4, -0.2) is 48.7 Å². The third kappa shape index (κ3) is 3.70. The number of aliphatic carboxylic acids is 1. The summed E-state index contributed by atoms with van der Waals surface area (Å²) in [6.07, 6.45) is 0.386. The van der Waals surface area contributed by atoms with Crippen LogP contribution in [0.2, 0.25) is 0 Å². The first-order valence-corrected chi connectivity index (χ1v) is 8.39. The van der Waals surface area contributed by atoms with Crippen molar-refractivity contribution in [1.29, 1.82) is 0 Å². The molecule has 0 aliphatic carbocycles. The van der Waals surface area contributed by atoms with Crippen molar-refractivity contribution in [2.75, 3.05) is 26.8 Å². The molecule has 6 nitrogen and oxygen atoms in total. The van der Waals surface area contributed by atoms with Gasteiger partial charge in [0.05, 0.1) is 6.61 Å². The van der Waals surface area contributed by atoms with Gasteiger partial charge >= 0.3 is 5.97 Å². The maximum atomic E-state index is 12.7. The van der Waals surface area contributed by atoms with E-state index in [1.54, 1.807) is 29.2 Å². The Labute approximate surface area is 152 Å². The molecule has 2 aromatic carbocycles. The van der Waals surface area contributed by atoms with Crippen molar-refractivity contribution in [3.63, 3.8) is 0 Å². The molecule has 0 aromatic heterocycles. The summed E-state index contributed by atoms with van der Waals surface area (Å²) in [7, 11) is 1.47. The first-order valence-electron chi connectivity index (χ1n) is 8.39. The SMILES string of the molecule is COCC1(C(=O)O)CCN(C(=O)c2ccc(Oc3ccccc3)cc2)C1. The molecular weight excluding hydrogens is 334 g/mol. The lowest BCUT2D eigenvalue weighted by Gasteiger charge is -2.23. The number of nitrogens with zero attached hydrogens (tertiary/aromatic N) is 1. The molecule has 1 unspecified atom stereocenters. The molecule has 1 saturated heterocycles. The highest BCUT2D eigenvalue weighted by Gasteiger charge is 2.46. The summed E-state index contributed by atoms with van der Waals surface area (Å²) in [5.41, 5.74) is -0.523. The van der Waals surface area contributed by atoms with E-state index in [0.29, 0.717) is 24.3 Å². The van der Waals surface area contributed by atoms with Gasteiger partial charge in [0, 0.05) is 25.8 Å². The van der Waals surface area contributed by atoms with Crippen LogP contribution in [0.5, 0.6) is 11.5 Å². The average Bonchev–Trinajstić information content (AvgIpc) is 3.09. The van der Waals surface area contributed by atoms with Crippen LogP contribution < -0.4 is 4.74 Å². The van der Waals surface area contributed by atoms with Gasteiger partial charge in [-0.2, -0.15) is 0 Å². The van der Waals surface area contributed by atoms with E-state index in [2.05, 4.69) is 0 Å². The van der Waals surface area contributed by atoms with Gasteiger partial charge in [-0.25, -0.2) is 0 Å². The Morgan fingerprint density at radius 2 is 1.73 bits per heavy atom. The maximum Gasteiger partial charge on any atom is 0.313 e. The standard InChI is InChI=1S/C20H21NO5/c1-25-14-20(19(23)24)11-12-21(13-20)18(22)15-7-9-17(10-8-15)26-16-5-3-2-4-6-16/h2-10H,11-14H2,1H3,(H,23,24). The van der Waals surface area contributed by atoms with Crippen LogP contribution in [0.25, 0.3) is 0 Å². The quantitative estimate of drug-likeness (QED) is 0.862. The molecule has 0 spiro atoms. The number of carbonyl (C=O) groups is 2. The van der Waals surface area contributed by atoms with E-state index < -0.39 is 11.4 Å². The number of para-hydroxylation sites is 1. The second-order valence-corrected chi connectivity index (χ2v) is 6.43. The third-order valence-corrected chi connectivity index (χ3v) is 4.60. The van der Waals surface area contributed by atoms with Gasteiger partial charge in [0.1, 0.15) is 16.9 Å². The molecule has 136 valence electrons. The van der Waals surface area contributed by atoms with E-state index in [1.807, 2.05) is 30.3 Å². The summed E-state index contributed by atoms with van der Waals surface area (Å²) in [5.74, 6) is 0.238. The number of carboxylic acids is 1. The average molecular weight is 355 g/mol. The molecule has 0 radical (unpaired) electrons. The first-order chi connectivity index (χ1) is 12.5. The lowest BCUT2D eigenvalue weighted by molar-refractivity contribution is -0.151. The van der Waals surface area contributed by atoms with Gasteiger partial charge in [-0.3, -0.25) is 9.59 Å². The van der Waals surface area contributed by atoms with Crippen LogP contribution in [0.3, 0.4) is 0 Å². The van der Waals surface area contributed by atoms with Crippen molar-refractivity contribution >= 4 is 11.9 Å². The fourth-order valence-corrected chi connectivity index (χ4v) is 3.15. The Hall–Kier alpha value is -2.86. The molecule has 0 bridgehead atoms. The zero-order chi connectivity index (χ0) is 18.6. The van der Waals surface area contributed by atoms with E-state index in [0.717, 1.165) is 5.75 Å². The molecule has 1 fully saturated rings. The normalized spacial score (nSPS) is 19.3. The van der Waals surface area contributed by atoms with Crippen LogP contribution >= 0.6 is 0 Å². The molecule has 1 aliphatic heterocycles.